The van der Waals surface area contributed by atoms with Crippen molar-refractivity contribution in [3.63, 3.8) is 0 Å². The van der Waals surface area contributed by atoms with Crippen LogP contribution in [0.25, 0.3) is 0 Å². The van der Waals surface area contributed by atoms with Gasteiger partial charge in [0.1, 0.15) is 5.60 Å². The third-order valence-corrected chi connectivity index (χ3v) is 1.75. The maximum absolute atomic E-state index is 10.3. The van der Waals surface area contributed by atoms with Crippen molar-refractivity contribution in [2.24, 2.45) is 5.92 Å². The molecular formula is C7H7Na3O7. The molecule has 0 aliphatic carbocycles. The Morgan fingerprint density at radius 2 is 1.47 bits per heavy atom. The van der Waals surface area contributed by atoms with Crippen LogP contribution in [-0.4, -0.2) is 28.6 Å². The van der Waals surface area contributed by atoms with Gasteiger partial charge in [0.15, 0.2) is 0 Å². The molecule has 0 rings (SSSR count). The van der Waals surface area contributed by atoms with Crippen LogP contribution in [0.2, 0.25) is 0 Å². The van der Waals surface area contributed by atoms with Crippen molar-refractivity contribution in [2.45, 2.75) is 18.9 Å². The van der Waals surface area contributed by atoms with Crippen molar-refractivity contribution in [3.8, 4) is 0 Å². The number of rotatable bonds is 5. The Labute approximate surface area is 164 Å². The molecule has 0 heterocycles. The Balaban J connectivity index is -0.000000282. The quantitative estimate of drug-likeness (QED) is 0.490. The van der Waals surface area contributed by atoms with Crippen LogP contribution in [0, 0.1) is 5.92 Å². The van der Waals surface area contributed by atoms with E-state index in [0.717, 1.165) is 0 Å². The third-order valence-electron chi connectivity index (χ3n) is 1.75. The zero-order valence-electron chi connectivity index (χ0n) is 10.2. The van der Waals surface area contributed by atoms with Crippen LogP contribution in [0.4, 0.5) is 0 Å². The molecule has 0 aromatic heterocycles. The molecule has 0 saturated heterocycles. The van der Waals surface area contributed by atoms with E-state index < -0.39 is 35.8 Å². The van der Waals surface area contributed by atoms with Crippen LogP contribution in [-0.2, 0) is 14.4 Å². The summed E-state index contributed by atoms with van der Waals surface area (Å²) in [5, 5.41) is 39.8. The van der Waals surface area contributed by atoms with E-state index >= 15 is 0 Å². The van der Waals surface area contributed by atoms with E-state index in [9.17, 15) is 29.7 Å². The average molecular weight is 272 g/mol. The number of aliphatic carboxylic acids is 3. The van der Waals surface area contributed by atoms with Crippen LogP contribution in [0.1, 0.15) is 13.3 Å². The second-order valence-corrected chi connectivity index (χ2v) is 2.88. The topological polar surface area (TPSA) is 141 Å². The summed E-state index contributed by atoms with van der Waals surface area (Å²) in [5.41, 5.74) is -2.81. The summed E-state index contributed by atoms with van der Waals surface area (Å²) in [6.45, 7) is 0.617. The normalized spacial score (nSPS) is 13.8. The molecule has 0 aromatic carbocycles. The van der Waals surface area contributed by atoms with Crippen molar-refractivity contribution >= 4 is 17.9 Å². The van der Waals surface area contributed by atoms with Crippen molar-refractivity contribution in [1.82, 2.24) is 0 Å². The number of hydrogen-bond acceptors (Lipinski definition) is 7. The van der Waals surface area contributed by atoms with Gasteiger partial charge in [-0.3, -0.25) is 0 Å². The first-order valence-electron chi connectivity index (χ1n) is 3.54. The standard InChI is InChI=1S/C7H10O7.3Na/c1-7(14,6(12)13)3(5(10)11)2-4(8)9;;;/h3,14H,2H2,1H3,(H,8,9)(H,10,11)(H,12,13);;;/q;3*+1/p-3/t3-,7-;;;/m1.../s1. The molecule has 2 atom stereocenters. The Morgan fingerprint density at radius 3 is 1.65 bits per heavy atom. The van der Waals surface area contributed by atoms with E-state index in [-0.39, 0.29) is 88.7 Å². The summed E-state index contributed by atoms with van der Waals surface area (Å²) in [7, 11) is 0. The molecule has 17 heavy (non-hydrogen) atoms. The van der Waals surface area contributed by atoms with E-state index in [0.29, 0.717) is 6.92 Å². The summed E-state index contributed by atoms with van der Waals surface area (Å²) in [5.74, 6) is -8.01. The molecule has 0 saturated carbocycles. The van der Waals surface area contributed by atoms with Gasteiger partial charge >= 0.3 is 88.7 Å². The summed E-state index contributed by atoms with van der Waals surface area (Å²) in [4.78, 5) is 30.7. The summed E-state index contributed by atoms with van der Waals surface area (Å²) < 4.78 is 0. The molecule has 0 aliphatic heterocycles. The Bertz CT molecular complexity index is 279. The van der Waals surface area contributed by atoms with Gasteiger partial charge in [-0.25, -0.2) is 0 Å². The van der Waals surface area contributed by atoms with Gasteiger partial charge in [-0.1, -0.05) is 0 Å². The molecule has 10 heteroatoms. The van der Waals surface area contributed by atoms with Gasteiger partial charge in [0, 0.05) is 17.9 Å². The molecule has 0 aliphatic rings. The number of carboxylic acids is 3. The molecule has 0 spiro atoms. The second kappa shape index (κ2) is 11.2. The number of hydrogen-bond donors (Lipinski definition) is 1. The minimum atomic E-state index is -2.81. The smallest absolute Gasteiger partial charge is 0.550 e. The Kier molecular flexibility index (Phi) is 17.7. The second-order valence-electron chi connectivity index (χ2n) is 2.88. The van der Waals surface area contributed by atoms with Crippen LogP contribution in [0.15, 0.2) is 0 Å². The molecule has 7 nitrogen and oxygen atoms in total. The average Bonchev–Trinajstić information content (AvgIpc) is 1.98. The molecule has 1 N–H and O–H groups in total. The van der Waals surface area contributed by atoms with E-state index in [1.54, 1.807) is 0 Å². The van der Waals surface area contributed by atoms with Crippen molar-refractivity contribution in [1.29, 1.82) is 0 Å². The Morgan fingerprint density at radius 1 is 1.12 bits per heavy atom. The first-order valence-corrected chi connectivity index (χ1v) is 3.54. The molecule has 0 radical (unpaired) electrons. The van der Waals surface area contributed by atoms with Crippen LogP contribution in [0.5, 0.6) is 0 Å². The van der Waals surface area contributed by atoms with Gasteiger partial charge in [0.2, 0.25) is 0 Å². The minimum absolute atomic E-state index is 0. The van der Waals surface area contributed by atoms with Crippen molar-refractivity contribution < 1.29 is 123 Å². The van der Waals surface area contributed by atoms with Gasteiger partial charge in [-0.15, -0.1) is 0 Å². The maximum Gasteiger partial charge on any atom is 1.00 e. The molecule has 0 bridgehead atoms. The van der Waals surface area contributed by atoms with Gasteiger partial charge in [-0.05, 0) is 13.3 Å². The molecule has 80 valence electrons. The number of carbonyl (C=O) groups excluding carboxylic acids is 3. The van der Waals surface area contributed by atoms with E-state index in [2.05, 4.69) is 0 Å². The van der Waals surface area contributed by atoms with Crippen molar-refractivity contribution in [3.05, 3.63) is 0 Å². The fourth-order valence-electron chi connectivity index (χ4n) is 0.820. The first-order chi connectivity index (χ1) is 6.19. The van der Waals surface area contributed by atoms with Gasteiger partial charge < -0.3 is 34.8 Å². The fraction of sp³-hybridized carbons (Fsp3) is 0.571. The number of aliphatic hydroxyl groups is 1. The summed E-state index contributed by atoms with van der Waals surface area (Å²) in [6, 6.07) is 0. The SMILES string of the molecule is C[C@](O)(C(=O)[O-])[C@H](CC(=O)[O-])C(=O)[O-].[Na+].[Na+].[Na+]. The van der Waals surface area contributed by atoms with Gasteiger partial charge in [0.25, 0.3) is 0 Å². The molecule has 0 amide bonds. The largest absolute Gasteiger partial charge is 1.00 e. The number of carbonyl (C=O) groups is 3. The van der Waals surface area contributed by atoms with Crippen LogP contribution < -0.4 is 104 Å². The summed E-state index contributed by atoms with van der Waals surface area (Å²) >= 11 is 0. The van der Waals surface area contributed by atoms with Crippen LogP contribution in [0.3, 0.4) is 0 Å². The fourth-order valence-corrected chi connectivity index (χ4v) is 0.820. The monoisotopic (exact) mass is 272 g/mol. The predicted octanol–water partition coefficient (Wildman–Crippen LogP) is -14.0. The molecule has 0 aromatic rings. The van der Waals surface area contributed by atoms with Crippen molar-refractivity contribution in [2.75, 3.05) is 0 Å². The van der Waals surface area contributed by atoms with Gasteiger partial charge in [-0.2, -0.15) is 0 Å². The third kappa shape index (κ3) is 8.99. The molecule has 0 fully saturated rings. The van der Waals surface area contributed by atoms with E-state index in [1.165, 1.54) is 0 Å². The summed E-state index contributed by atoms with van der Waals surface area (Å²) in [6.07, 6.45) is -1.16. The zero-order valence-corrected chi connectivity index (χ0v) is 16.2. The minimum Gasteiger partial charge on any atom is -0.550 e. The van der Waals surface area contributed by atoms with E-state index in [1.807, 2.05) is 0 Å². The first kappa shape index (κ1) is 26.8. The maximum atomic E-state index is 10.3. The molecular weight excluding hydrogens is 265 g/mol. The predicted molar refractivity (Wildman–Crippen MR) is 33.8 cm³/mol. The number of carboxylic acid groups (broad SMARTS) is 3. The van der Waals surface area contributed by atoms with Crippen LogP contribution >= 0.6 is 0 Å². The zero-order chi connectivity index (χ0) is 11.5. The molecule has 0 unspecified atom stereocenters. The van der Waals surface area contributed by atoms with Gasteiger partial charge in [0.05, 0.1) is 5.97 Å². The Hall–Kier alpha value is 1.37. The van der Waals surface area contributed by atoms with E-state index in [4.69, 9.17) is 5.11 Å².